The Morgan fingerprint density at radius 1 is 1.31 bits per heavy atom. The van der Waals surface area contributed by atoms with E-state index in [1.54, 1.807) is 0 Å². The van der Waals surface area contributed by atoms with Gasteiger partial charge in [-0.05, 0) is 38.6 Å². The van der Waals surface area contributed by atoms with E-state index in [0.29, 0.717) is 12.6 Å². The van der Waals surface area contributed by atoms with Crippen LogP contribution in [0.4, 0.5) is 0 Å². The van der Waals surface area contributed by atoms with E-state index in [2.05, 4.69) is 18.9 Å². The molecule has 0 aromatic carbocycles. The molecule has 0 aromatic heterocycles. The van der Waals surface area contributed by atoms with Crippen LogP contribution in [0.3, 0.4) is 0 Å². The topological polar surface area (TPSA) is 20.3 Å². The Morgan fingerprint density at radius 3 is 2.38 bits per heavy atom. The third-order valence-corrected chi connectivity index (χ3v) is 3.38. The molecule has 0 N–H and O–H groups in total. The molecule has 0 saturated heterocycles. The first-order chi connectivity index (χ1) is 6.27. The second-order valence-electron chi connectivity index (χ2n) is 4.19. The van der Waals surface area contributed by atoms with Gasteiger partial charge in [0.2, 0.25) is 0 Å². The van der Waals surface area contributed by atoms with Crippen LogP contribution in [0, 0.1) is 5.92 Å². The molecule has 1 aliphatic carbocycles. The van der Waals surface area contributed by atoms with Crippen molar-refractivity contribution in [1.29, 1.82) is 0 Å². The Bertz CT molecular complexity index is 150. The van der Waals surface area contributed by atoms with E-state index in [1.807, 2.05) is 0 Å². The molecular formula is C11H21NO. The van der Waals surface area contributed by atoms with Gasteiger partial charge in [-0.1, -0.05) is 13.3 Å². The largest absolute Gasteiger partial charge is 0.302 e. The summed E-state index contributed by atoms with van der Waals surface area (Å²) in [5, 5.41) is 0. The Labute approximate surface area is 81.3 Å². The maximum absolute atomic E-state index is 10.3. The Kier molecular flexibility index (Phi) is 4.43. The fraction of sp³-hybridized carbons (Fsp3) is 0.909. The molecule has 1 saturated carbocycles. The summed E-state index contributed by atoms with van der Waals surface area (Å²) in [6, 6.07) is 0.660. The van der Waals surface area contributed by atoms with Crippen molar-refractivity contribution in [3.05, 3.63) is 0 Å². The van der Waals surface area contributed by atoms with Crippen molar-refractivity contribution >= 4 is 6.29 Å². The first kappa shape index (κ1) is 10.7. The maximum atomic E-state index is 10.3. The molecule has 1 fully saturated rings. The first-order valence-electron chi connectivity index (χ1n) is 5.41. The zero-order chi connectivity index (χ0) is 9.68. The molecule has 13 heavy (non-hydrogen) atoms. The molecule has 0 unspecified atom stereocenters. The quantitative estimate of drug-likeness (QED) is 0.622. The third-order valence-electron chi connectivity index (χ3n) is 3.38. The second kappa shape index (κ2) is 5.38. The van der Waals surface area contributed by atoms with Crippen LogP contribution in [0.25, 0.3) is 0 Å². The molecule has 0 bridgehead atoms. The number of nitrogens with zero attached hydrogens (tertiary/aromatic N) is 1. The highest BCUT2D eigenvalue weighted by molar-refractivity contribution is 5.51. The smallest absolute Gasteiger partial charge is 0.133 e. The highest BCUT2D eigenvalue weighted by Crippen LogP contribution is 2.28. The van der Waals surface area contributed by atoms with E-state index in [1.165, 1.54) is 32.1 Å². The summed E-state index contributed by atoms with van der Waals surface area (Å²) < 4.78 is 0. The Hall–Kier alpha value is -0.370. The Morgan fingerprint density at radius 2 is 1.92 bits per heavy atom. The average Bonchev–Trinajstić information content (AvgIpc) is 2.18. The van der Waals surface area contributed by atoms with Gasteiger partial charge in [0, 0.05) is 6.04 Å². The van der Waals surface area contributed by atoms with Crippen LogP contribution in [0.2, 0.25) is 0 Å². The number of hydrogen-bond donors (Lipinski definition) is 0. The van der Waals surface area contributed by atoms with E-state index in [0.717, 1.165) is 12.2 Å². The lowest BCUT2D eigenvalue weighted by atomic mass is 9.84. The van der Waals surface area contributed by atoms with E-state index in [4.69, 9.17) is 0 Å². The lowest BCUT2D eigenvalue weighted by Gasteiger charge is -2.33. The molecule has 0 aromatic rings. The normalized spacial score (nSPS) is 29.2. The van der Waals surface area contributed by atoms with Gasteiger partial charge in [-0.15, -0.1) is 0 Å². The minimum Gasteiger partial charge on any atom is -0.302 e. The average molecular weight is 183 g/mol. The van der Waals surface area contributed by atoms with Gasteiger partial charge in [-0.2, -0.15) is 0 Å². The van der Waals surface area contributed by atoms with Crippen molar-refractivity contribution in [3.8, 4) is 0 Å². The number of carbonyl (C=O) groups excluding carboxylic acids is 1. The number of rotatable bonds is 4. The molecular weight excluding hydrogens is 162 g/mol. The van der Waals surface area contributed by atoms with Crippen molar-refractivity contribution < 1.29 is 4.79 Å². The van der Waals surface area contributed by atoms with Crippen molar-refractivity contribution in [2.75, 3.05) is 13.6 Å². The van der Waals surface area contributed by atoms with Crippen molar-refractivity contribution in [2.24, 2.45) is 5.92 Å². The number of aldehydes is 1. The molecule has 1 rings (SSSR count). The first-order valence-corrected chi connectivity index (χ1v) is 5.41. The number of likely N-dealkylation sites (N-methyl/N-ethyl adjacent to an activating group) is 1. The molecule has 0 atom stereocenters. The third kappa shape index (κ3) is 3.11. The summed E-state index contributed by atoms with van der Waals surface area (Å²) in [5.41, 5.74) is 0. The monoisotopic (exact) mass is 183 g/mol. The standard InChI is InChI=1S/C11H21NO/c1-3-10-4-6-11(7-5-10)12(2)8-9-13/h9-11H,3-8H2,1-2H3. The summed E-state index contributed by atoms with van der Waals surface area (Å²) >= 11 is 0. The van der Waals surface area contributed by atoms with E-state index >= 15 is 0 Å². The zero-order valence-corrected chi connectivity index (χ0v) is 8.83. The molecule has 0 heterocycles. The van der Waals surface area contributed by atoms with Crippen LogP contribution < -0.4 is 0 Å². The van der Waals surface area contributed by atoms with Gasteiger partial charge < -0.3 is 4.79 Å². The van der Waals surface area contributed by atoms with Crippen molar-refractivity contribution in [2.45, 2.75) is 45.1 Å². The fourth-order valence-corrected chi connectivity index (χ4v) is 2.26. The van der Waals surface area contributed by atoms with Gasteiger partial charge in [0.15, 0.2) is 0 Å². The molecule has 2 heteroatoms. The minimum absolute atomic E-state index is 0.599. The van der Waals surface area contributed by atoms with Crippen LogP contribution >= 0.6 is 0 Å². The van der Waals surface area contributed by atoms with Crippen LogP contribution in [-0.4, -0.2) is 30.8 Å². The predicted octanol–water partition coefficient (Wildman–Crippen LogP) is 2.09. The highest BCUT2D eigenvalue weighted by Gasteiger charge is 2.22. The van der Waals surface area contributed by atoms with Crippen molar-refractivity contribution in [1.82, 2.24) is 4.90 Å². The van der Waals surface area contributed by atoms with Crippen LogP contribution in [0.1, 0.15) is 39.0 Å². The van der Waals surface area contributed by atoms with E-state index in [-0.39, 0.29) is 0 Å². The highest BCUT2D eigenvalue weighted by atomic mass is 16.1. The van der Waals surface area contributed by atoms with Crippen LogP contribution in [-0.2, 0) is 4.79 Å². The summed E-state index contributed by atoms with van der Waals surface area (Å²) in [6.07, 6.45) is 7.59. The Balaban J connectivity index is 2.27. The van der Waals surface area contributed by atoms with Crippen LogP contribution in [0.15, 0.2) is 0 Å². The number of hydrogen-bond acceptors (Lipinski definition) is 2. The minimum atomic E-state index is 0.599. The summed E-state index contributed by atoms with van der Waals surface area (Å²) in [6.45, 7) is 2.88. The molecule has 0 radical (unpaired) electrons. The molecule has 0 aliphatic heterocycles. The zero-order valence-electron chi connectivity index (χ0n) is 8.83. The molecule has 2 nitrogen and oxygen atoms in total. The predicted molar refractivity (Wildman–Crippen MR) is 54.7 cm³/mol. The van der Waals surface area contributed by atoms with Gasteiger partial charge in [0.25, 0.3) is 0 Å². The second-order valence-corrected chi connectivity index (χ2v) is 4.19. The number of carbonyl (C=O) groups is 1. The fourth-order valence-electron chi connectivity index (χ4n) is 2.26. The van der Waals surface area contributed by atoms with E-state index < -0.39 is 0 Å². The van der Waals surface area contributed by atoms with Crippen LogP contribution in [0.5, 0.6) is 0 Å². The molecule has 0 spiro atoms. The van der Waals surface area contributed by atoms with Gasteiger partial charge in [0.1, 0.15) is 6.29 Å². The summed E-state index contributed by atoms with van der Waals surface area (Å²) in [7, 11) is 2.06. The van der Waals surface area contributed by atoms with Gasteiger partial charge in [0.05, 0.1) is 6.54 Å². The van der Waals surface area contributed by atoms with Gasteiger partial charge in [-0.3, -0.25) is 4.90 Å². The molecule has 0 amide bonds. The summed E-state index contributed by atoms with van der Waals surface area (Å²) in [4.78, 5) is 12.5. The lowest BCUT2D eigenvalue weighted by molar-refractivity contribution is -0.109. The maximum Gasteiger partial charge on any atom is 0.133 e. The van der Waals surface area contributed by atoms with Gasteiger partial charge in [-0.25, -0.2) is 0 Å². The lowest BCUT2D eigenvalue weighted by Crippen LogP contribution is -2.36. The summed E-state index contributed by atoms with van der Waals surface area (Å²) in [5.74, 6) is 0.945. The van der Waals surface area contributed by atoms with Gasteiger partial charge >= 0.3 is 0 Å². The van der Waals surface area contributed by atoms with E-state index in [9.17, 15) is 4.79 Å². The van der Waals surface area contributed by atoms with Crippen molar-refractivity contribution in [3.63, 3.8) is 0 Å². The molecule has 1 aliphatic rings. The molecule has 76 valence electrons. The SMILES string of the molecule is CCC1CCC(N(C)CC=O)CC1.